The van der Waals surface area contributed by atoms with Gasteiger partial charge in [-0.05, 0) is 55.7 Å². The molecule has 0 bridgehead atoms. The molecular formula is C15H23ClN2O2S. The third kappa shape index (κ3) is 3.90. The number of sulfonamides is 1. The van der Waals surface area contributed by atoms with Crippen LogP contribution < -0.4 is 10.5 Å². The van der Waals surface area contributed by atoms with Crippen molar-refractivity contribution < 1.29 is 8.42 Å². The zero-order valence-electron chi connectivity index (χ0n) is 12.7. The highest BCUT2D eigenvalue weighted by molar-refractivity contribution is 7.89. The number of benzene rings is 1. The van der Waals surface area contributed by atoms with Gasteiger partial charge in [0.1, 0.15) is 0 Å². The predicted octanol–water partition coefficient (Wildman–Crippen LogP) is 3.33. The molecule has 4 nitrogen and oxygen atoms in total. The molecule has 3 N–H and O–H groups in total. The first-order valence-corrected chi connectivity index (χ1v) is 9.13. The highest BCUT2D eigenvalue weighted by Gasteiger charge is 2.28. The van der Waals surface area contributed by atoms with Crippen molar-refractivity contribution in [2.24, 2.45) is 11.8 Å². The van der Waals surface area contributed by atoms with Crippen LogP contribution in [0, 0.1) is 18.8 Å². The molecule has 1 aromatic rings. The van der Waals surface area contributed by atoms with Gasteiger partial charge in [0.05, 0.1) is 4.90 Å². The molecule has 6 heteroatoms. The molecule has 0 spiro atoms. The lowest BCUT2D eigenvalue weighted by Crippen LogP contribution is -2.40. The Morgan fingerprint density at radius 2 is 1.76 bits per heavy atom. The second-order valence-corrected chi connectivity index (χ2v) is 8.48. The molecule has 21 heavy (non-hydrogen) atoms. The zero-order chi connectivity index (χ0) is 15.8. The van der Waals surface area contributed by atoms with Crippen LogP contribution in [0.15, 0.2) is 17.0 Å². The molecule has 1 aliphatic rings. The Morgan fingerprint density at radius 1 is 1.19 bits per heavy atom. The molecule has 2 unspecified atom stereocenters. The molecule has 1 saturated carbocycles. The summed E-state index contributed by atoms with van der Waals surface area (Å²) in [5.41, 5.74) is 6.92. The molecule has 0 heterocycles. The molecule has 0 amide bonds. The minimum Gasteiger partial charge on any atom is -0.398 e. The number of anilines is 1. The van der Waals surface area contributed by atoms with Gasteiger partial charge in [-0.2, -0.15) is 0 Å². The van der Waals surface area contributed by atoms with Crippen LogP contribution in [-0.4, -0.2) is 14.5 Å². The van der Waals surface area contributed by atoms with Crippen molar-refractivity contribution in [1.82, 2.24) is 4.72 Å². The molecule has 1 aromatic carbocycles. The monoisotopic (exact) mass is 330 g/mol. The number of nitrogens with one attached hydrogen (secondary N) is 1. The van der Waals surface area contributed by atoms with Crippen molar-refractivity contribution in [2.75, 3.05) is 5.73 Å². The fraction of sp³-hybridized carbons (Fsp3) is 0.600. The van der Waals surface area contributed by atoms with Crippen molar-refractivity contribution in [3.8, 4) is 0 Å². The summed E-state index contributed by atoms with van der Waals surface area (Å²) in [7, 11) is -3.58. The van der Waals surface area contributed by atoms with Crippen molar-refractivity contribution in [2.45, 2.75) is 51.0 Å². The van der Waals surface area contributed by atoms with E-state index in [1.54, 1.807) is 6.92 Å². The molecule has 1 fully saturated rings. The Balaban J connectivity index is 2.22. The van der Waals surface area contributed by atoms with Crippen LogP contribution in [0.1, 0.15) is 38.7 Å². The molecule has 0 aliphatic heterocycles. The van der Waals surface area contributed by atoms with Gasteiger partial charge in [-0.25, -0.2) is 13.1 Å². The van der Waals surface area contributed by atoms with Crippen molar-refractivity contribution in [3.05, 3.63) is 22.7 Å². The SMILES string of the molecule is Cc1c(N)cc(S(=O)(=O)NC2CC(C)CC(C)C2)cc1Cl. The first-order valence-electron chi connectivity index (χ1n) is 7.27. The van der Waals surface area contributed by atoms with Crippen LogP contribution in [0.2, 0.25) is 5.02 Å². The summed E-state index contributed by atoms with van der Waals surface area (Å²) < 4.78 is 27.8. The number of rotatable bonds is 3. The minimum absolute atomic E-state index is 0.0185. The summed E-state index contributed by atoms with van der Waals surface area (Å²) >= 11 is 6.04. The highest BCUT2D eigenvalue weighted by atomic mass is 35.5. The average molecular weight is 331 g/mol. The van der Waals surface area contributed by atoms with Gasteiger partial charge in [-0.1, -0.05) is 25.4 Å². The van der Waals surface area contributed by atoms with E-state index in [1.807, 2.05) is 0 Å². The van der Waals surface area contributed by atoms with Crippen LogP contribution in [0.4, 0.5) is 5.69 Å². The summed E-state index contributed by atoms with van der Waals surface area (Å²) in [4.78, 5) is 0.140. The number of halogens is 1. The van der Waals surface area contributed by atoms with E-state index in [1.165, 1.54) is 12.1 Å². The minimum atomic E-state index is -3.58. The van der Waals surface area contributed by atoms with E-state index in [0.717, 1.165) is 19.3 Å². The summed E-state index contributed by atoms with van der Waals surface area (Å²) in [5.74, 6) is 1.07. The van der Waals surface area contributed by atoms with E-state index in [4.69, 9.17) is 17.3 Å². The Hall–Kier alpha value is -0.780. The quantitative estimate of drug-likeness (QED) is 0.835. The average Bonchev–Trinajstić information content (AvgIpc) is 2.33. The maximum atomic E-state index is 12.5. The van der Waals surface area contributed by atoms with Gasteiger partial charge in [0.2, 0.25) is 10.0 Å². The van der Waals surface area contributed by atoms with E-state index >= 15 is 0 Å². The van der Waals surface area contributed by atoms with Gasteiger partial charge < -0.3 is 5.73 Å². The summed E-state index contributed by atoms with van der Waals surface area (Å²) in [5, 5.41) is 0.376. The highest BCUT2D eigenvalue weighted by Crippen LogP contribution is 2.30. The normalized spacial score (nSPS) is 26.8. The number of nitrogen functional groups attached to an aromatic ring is 1. The Kier molecular flexibility index (Phi) is 4.85. The first-order chi connectivity index (χ1) is 9.69. The second kappa shape index (κ2) is 6.15. The van der Waals surface area contributed by atoms with Crippen molar-refractivity contribution in [3.63, 3.8) is 0 Å². The largest absolute Gasteiger partial charge is 0.398 e. The number of hydrogen-bond acceptors (Lipinski definition) is 3. The van der Waals surface area contributed by atoms with Gasteiger partial charge in [0, 0.05) is 16.8 Å². The second-order valence-electron chi connectivity index (χ2n) is 6.35. The Labute approximate surface area is 132 Å². The molecule has 2 rings (SSSR count). The molecule has 2 atom stereocenters. The molecule has 0 saturated heterocycles. The van der Waals surface area contributed by atoms with Gasteiger partial charge in [-0.15, -0.1) is 0 Å². The van der Waals surface area contributed by atoms with E-state index in [9.17, 15) is 8.42 Å². The lowest BCUT2D eigenvalue weighted by atomic mass is 9.81. The standard InChI is InChI=1S/C15H23ClN2O2S/c1-9-4-10(2)6-12(5-9)18-21(19,20)13-7-14(16)11(3)15(17)8-13/h7-10,12,18H,4-6,17H2,1-3H3. The van der Waals surface area contributed by atoms with E-state index in [0.29, 0.717) is 28.1 Å². The van der Waals surface area contributed by atoms with Crippen molar-refractivity contribution in [1.29, 1.82) is 0 Å². The molecule has 0 aromatic heterocycles. The summed E-state index contributed by atoms with van der Waals surface area (Å²) in [6, 6.07) is 2.92. The lowest BCUT2D eigenvalue weighted by Gasteiger charge is -2.31. The third-order valence-corrected chi connectivity index (χ3v) is 6.06. The van der Waals surface area contributed by atoms with Crippen molar-refractivity contribution >= 4 is 27.3 Å². The molecular weight excluding hydrogens is 308 g/mol. The van der Waals surface area contributed by atoms with E-state index in [2.05, 4.69) is 18.6 Å². The smallest absolute Gasteiger partial charge is 0.240 e. The maximum Gasteiger partial charge on any atom is 0.240 e. The van der Waals surface area contributed by atoms with E-state index < -0.39 is 10.0 Å². The topological polar surface area (TPSA) is 72.2 Å². The lowest BCUT2D eigenvalue weighted by molar-refractivity contribution is 0.257. The number of nitrogens with two attached hydrogens (primary N) is 1. The maximum absolute atomic E-state index is 12.5. The molecule has 0 radical (unpaired) electrons. The van der Waals surface area contributed by atoms with Crippen LogP contribution in [0.5, 0.6) is 0 Å². The first kappa shape index (κ1) is 16.6. The van der Waals surface area contributed by atoms with Crippen LogP contribution in [0.3, 0.4) is 0 Å². The fourth-order valence-electron chi connectivity index (χ4n) is 3.16. The molecule has 118 valence electrons. The van der Waals surface area contributed by atoms with Gasteiger partial charge >= 0.3 is 0 Å². The number of hydrogen-bond donors (Lipinski definition) is 2. The fourth-order valence-corrected chi connectivity index (χ4v) is 4.77. The molecule has 1 aliphatic carbocycles. The summed E-state index contributed by atoms with van der Waals surface area (Å²) in [6.45, 7) is 6.10. The van der Waals surface area contributed by atoms with Crippen LogP contribution >= 0.6 is 11.6 Å². The summed E-state index contributed by atoms with van der Waals surface area (Å²) in [6.07, 6.45) is 2.90. The Morgan fingerprint density at radius 3 is 2.29 bits per heavy atom. The van der Waals surface area contributed by atoms with Gasteiger partial charge in [0.25, 0.3) is 0 Å². The predicted molar refractivity (Wildman–Crippen MR) is 86.9 cm³/mol. The third-order valence-electron chi connectivity index (χ3n) is 4.17. The van der Waals surface area contributed by atoms with Gasteiger partial charge in [-0.3, -0.25) is 0 Å². The van der Waals surface area contributed by atoms with Crippen LogP contribution in [-0.2, 0) is 10.0 Å². The van der Waals surface area contributed by atoms with Crippen LogP contribution in [0.25, 0.3) is 0 Å². The zero-order valence-corrected chi connectivity index (χ0v) is 14.3. The van der Waals surface area contributed by atoms with E-state index in [-0.39, 0.29) is 10.9 Å². The Bertz CT molecular complexity index is 598. The van der Waals surface area contributed by atoms with Gasteiger partial charge in [0.15, 0.2) is 0 Å².